The smallest absolute Gasteiger partial charge is 0.145 e. The number of rotatable bonds is 0. The van der Waals surface area contributed by atoms with Crippen LogP contribution < -0.4 is 5.73 Å². The van der Waals surface area contributed by atoms with Gasteiger partial charge in [-0.05, 0) is 18.2 Å². The van der Waals surface area contributed by atoms with Crippen LogP contribution in [0.5, 0.6) is 0 Å². The average molecular weight is 144 g/mol. The van der Waals surface area contributed by atoms with E-state index in [2.05, 4.69) is 9.97 Å². The highest BCUT2D eigenvalue weighted by Gasteiger charge is 1.92. The van der Waals surface area contributed by atoms with Crippen LogP contribution in [0.2, 0.25) is 0 Å². The molecule has 0 aliphatic heterocycles. The maximum atomic E-state index is 7.24. The van der Waals surface area contributed by atoms with Crippen LogP contribution >= 0.6 is 0 Å². The SMILES string of the molecule is [NH]c1ccc2ccncc2n1. The summed E-state index contributed by atoms with van der Waals surface area (Å²) in [6.07, 6.45) is 3.38. The van der Waals surface area contributed by atoms with Crippen molar-refractivity contribution < 1.29 is 0 Å². The van der Waals surface area contributed by atoms with Gasteiger partial charge in [-0.3, -0.25) is 10.7 Å². The molecule has 2 rings (SSSR count). The molecule has 0 atom stereocenters. The van der Waals surface area contributed by atoms with Gasteiger partial charge in [0.05, 0.1) is 11.7 Å². The van der Waals surface area contributed by atoms with E-state index >= 15 is 0 Å². The Hall–Kier alpha value is -1.64. The van der Waals surface area contributed by atoms with Gasteiger partial charge >= 0.3 is 0 Å². The maximum absolute atomic E-state index is 7.24. The van der Waals surface area contributed by atoms with Crippen LogP contribution in [0.4, 0.5) is 5.82 Å². The van der Waals surface area contributed by atoms with E-state index in [1.54, 1.807) is 18.5 Å². The summed E-state index contributed by atoms with van der Waals surface area (Å²) in [4.78, 5) is 7.89. The van der Waals surface area contributed by atoms with Gasteiger partial charge in [-0.2, -0.15) is 0 Å². The molecule has 2 aromatic rings. The van der Waals surface area contributed by atoms with Gasteiger partial charge in [0.2, 0.25) is 0 Å². The van der Waals surface area contributed by atoms with Crippen molar-refractivity contribution in [3.63, 3.8) is 0 Å². The lowest BCUT2D eigenvalue weighted by atomic mass is 10.3. The fourth-order valence-corrected chi connectivity index (χ4v) is 0.967. The summed E-state index contributed by atoms with van der Waals surface area (Å²) in [5.41, 5.74) is 8.02. The second-order valence-electron chi connectivity index (χ2n) is 2.26. The number of hydrogen-bond acceptors (Lipinski definition) is 2. The highest BCUT2D eigenvalue weighted by Crippen LogP contribution is 2.11. The Morgan fingerprint density at radius 3 is 3.00 bits per heavy atom. The molecule has 1 N–H and O–H groups in total. The molecule has 0 bridgehead atoms. The maximum Gasteiger partial charge on any atom is 0.145 e. The third-order valence-electron chi connectivity index (χ3n) is 1.49. The number of fused-ring (bicyclic) bond motifs is 1. The van der Waals surface area contributed by atoms with Gasteiger partial charge in [0.25, 0.3) is 0 Å². The third-order valence-corrected chi connectivity index (χ3v) is 1.49. The van der Waals surface area contributed by atoms with Crippen molar-refractivity contribution in [3.8, 4) is 0 Å². The predicted octanol–water partition coefficient (Wildman–Crippen LogP) is 1.54. The number of hydrogen-bond donors (Lipinski definition) is 0. The summed E-state index contributed by atoms with van der Waals surface area (Å²) < 4.78 is 0. The van der Waals surface area contributed by atoms with E-state index in [-0.39, 0.29) is 5.82 Å². The molecule has 0 amide bonds. The van der Waals surface area contributed by atoms with Crippen LogP contribution in [0.3, 0.4) is 0 Å². The minimum Gasteiger partial charge on any atom is -0.283 e. The van der Waals surface area contributed by atoms with Gasteiger partial charge in [0.15, 0.2) is 0 Å². The van der Waals surface area contributed by atoms with Crippen LogP contribution in [-0.4, -0.2) is 9.97 Å². The van der Waals surface area contributed by atoms with Crippen LogP contribution in [0.1, 0.15) is 0 Å². The monoisotopic (exact) mass is 144 g/mol. The summed E-state index contributed by atoms with van der Waals surface area (Å²) in [6, 6.07) is 5.41. The molecule has 3 heteroatoms. The first-order valence-corrected chi connectivity index (χ1v) is 3.28. The summed E-state index contributed by atoms with van der Waals surface area (Å²) in [5, 5.41) is 1.02. The zero-order valence-corrected chi connectivity index (χ0v) is 5.78. The Balaban J connectivity index is 2.83. The molecule has 1 radical (unpaired) electrons. The van der Waals surface area contributed by atoms with Crippen molar-refractivity contribution in [2.45, 2.75) is 0 Å². The largest absolute Gasteiger partial charge is 0.283 e. The van der Waals surface area contributed by atoms with Gasteiger partial charge in [0, 0.05) is 11.6 Å². The Morgan fingerprint density at radius 1 is 1.18 bits per heavy atom. The fourth-order valence-electron chi connectivity index (χ4n) is 0.967. The molecule has 0 spiro atoms. The van der Waals surface area contributed by atoms with Gasteiger partial charge in [0.1, 0.15) is 5.82 Å². The van der Waals surface area contributed by atoms with Gasteiger partial charge < -0.3 is 0 Å². The van der Waals surface area contributed by atoms with Gasteiger partial charge in [-0.1, -0.05) is 0 Å². The summed E-state index contributed by atoms with van der Waals surface area (Å²) in [7, 11) is 0. The van der Waals surface area contributed by atoms with Crippen LogP contribution in [0.15, 0.2) is 30.6 Å². The second kappa shape index (κ2) is 2.20. The topological polar surface area (TPSA) is 49.6 Å². The molecule has 0 fully saturated rings. The van der Waals surface area contributed by atoms with Crippen LogP contribution in [0.25, 0.3) is 10.9 Å². The Morgan fingerprint density at radius 2 is 2.09 bits per heavy atom. The second-order valence-corrected chi connectivity index (χ2v) is 2.26. The molecule has 0 aromatic carbocycles. The summed E-state index contributed by atoms with van der Waals surface area (Å²) >= 11 is 0. The van der Waals surface area contributed by atoms with Crippen molar-refractivity contribution in [2.24, 2.45) is 0 Å². The fraction of sp³-hybridized carbons (Fsp3) is 0. The van der Waals surface area contributed by atoms with Crippen LogP contribution in [-0.2, 0) is 0 Å². The van der Waals surface area contributed by atoms with E-state index in [0.717, 1.165) is 10.9 Å². The Bertz CT molecular complexity index is 384. The lowest BCUT2D eigenvalue weighted by Gasteiger charge is -1.94. The highest BCUT2D eigenvalue weighted by atomic mass is 14.8. The first-order valence-electron chi connectivity index (χ1n) is 3.28. The lowest BCUT2D eigenvalue weighted by molar-refractivity contribution is 1.27. The minimum atomic E-state index is 0.283. The van der Waals surface area contributed by atoms with Gasteiger partial charge in [-0.25, -0.2) is 4.98 Å². The van der Waals surface area contributed by atoms with Crippen molar-refractivity contribution in [3.05, 3.63) is 30.6 Å². The first kappa shape index (κ1) is 6.09. The van der Waals surface area contributed by atoms with E-state index in [1.807, 2.05) is 12.1 Å². The van der Waals surface area contributed by atoms with E-state index in [9.17, 15) is 0 Å². The number of pyridine rings is 2. The van der Waals surface area contributed by atoms with E-state index in [0.29, 0.717) is 0 Å². The molecule has 0 unspecified atom stereocenters. The lowest BCUT2D eigenvalue weighted by Crippen LogP contribution is -1.81. The standard InChI is InChI=1S/C8H6N3/c9-8-2-1-6-3-4-10-5-7(6)11-8/h1-5,9H. The predicted molar refractivity (Wildman–Crippen MR) is 42.3 cm³/mol. The quantitative estimate of drug-likeness (QED) is 0.563. The molecule has 2 heterocycles. The van der Waals surface area contributed by atoms with Gasteiger partial charge in [-0.15, -0.1) is 0 Å². The zero-order valence-electron chi connectivity index (χ0n) is 5.78. The highest BCUT2D eigenvalue weighted by molar-refractivity contribution is 5.78. The van der Waals surface area contributed by atoms with Crippen molar-refractivity contribution >= 4 is 16.7 Å². The molecule has 3 nitrogen and oxygen atoms in total. The van der Waals surface area contributed by atoms with Crippen molar-refractivity contribution in [1.29, 1.82) is 0 Å². The first-order chi connectivity index (χ1) is 5.36. The number of aromatic nitrogens is 2. The number of nitrogens with zero attached hydrogens (tertiary/aromatic N) is 2. The van der Waals surface area contributed by atoms with E-state index < -0.39 is 0 Å². The molecule has 0 saturated heterocycles. The molecule has 2 aromatic heterocycles. The Labute approximate surface area is 63.9 Å². The third kappa shape index (κ3) is 1.00. The Kier molecular flexibility index (Phi) is 1.22. The van der Waals surface area contributed by atoms with Crippen molar-refractivity contribution in [2.75, 3.05) is 0 Å². The molecule has 0 saturated carbocycles. The minimum absolute atomic E-state index is 0.283. The van der Waals surface area contributed by atoms with Crippen LogP contribution in [0, 0.1) is 0 Å². The summed E-state index contributed by atoms with van der Waals surface area (Å²) in [5.74, 6) is 0.283. The molecule has 0 aliphatic rings. The van der Waals surface area contributed by atoms with E-state index in [4.69, 9.17) is 5.73 Å². The molecule has 11 heavy (non-hydrogen) atoms. The summed E-state index contributed by atoms with van der Waals surface area (Å²) in [6.45, 7) is 0. The average Bonchev–Trinajstić information content (AvgIpc) is 2.04. The molecular weight excluding hydrogens is 138 g/mol. The molecular formula is C8H6N3. The molecule has 53 valence electrons. The van der Waals surface area contributed by atoms with E-state index in [1.165, 1.54) is 0 Å². The zero-order chi connectivity index (χ0) is 7.68. The van der Waals surface area contributed by atoms with Crippen molar-refractivity contribution in [1.82, 2.24) is 15.7 Å². The number of nitrogens with one attached hydrogen (secondary N) is 1. The molecule has 0 aliphatic carbocycles. The normalized spacial score (nSPS) is 10.2.